The molecule has 0 saturated heterocycles. The van der Waals surface area contributed by atoms with Crippen molar-refractivity contribution in [2.45, 2.75) is 26.3 Å². The Kier molecular flexibility index (Phi) is 6.77. The number of benzene rings is 1. The lowest BCUT2D eigenvalue weighted by atomic mass is 10.00. The molecule has 2 atom stereocenters. The van der Waals surface area contributed by atoms with Gasteiger partial charge in [-0.25, -0.2) is 22.7 Å². The van der Waals surface area contributed by atoms with E-state index in [0.29, 0.717) is 12.0 Å². The van der Waals surface area contributed by atoms with Crippen molar-refractivity contribution in [2.75, 3.05) is 0 Å². The average Bonchev–Trinajstić information content (AvgIpc) is 2.50. The number of amides is 2. The number of carbonyl (C=O) groups is 2. The number of hydrogen-bond acceptors (Lipinski definition) is 4. The van der Waals surface area contributed by atoms with Gasteiger partial charge in [0.25, 0.3) is 10.0 Å². The molecule has 0 aromatic heterocycles. The van der Waals surface area contributed by atoms with Gasteiger partial charge in [-0.3, -0.25) is 0 Å². The molecule has 0 bridgehead atoms. The van der Waals surface area contributed by atoms with Gasteiger partial charge in [0, 0.05) is 0 Å². The van der Waals surface area contributed by atoms with E-state index in [-0.39, 0.29) is 5.92 Å². The van der Waals surface area contributed by atoms with Crippen LogP contribution in [0, 0.1) is 5.92 Å². The average molecular weight is 340 g/mol. The fraction of sp³-hybridized carbons (Fsp3) is 0.333. The van der Waals surface area contributed by atoms with E-state index in [1.54, 1.807) is 48.9 Å². The third-order valence-corrected chi connectivity index (χ3v) is 4.20. The predicted molar refractivity (Wildman–Crippen MR) is 86.9 cm³/mol. The summed E-state index contributed by atoms with van der Waals surface area (Å²) in [6, 6.07) is 6.46. The second-order valence-electron chi connectivity index (χ2n) is 5.04. The summed E-state index contributed by atoms with van der Waals surface area (Å²) >= 11 is 0. The Bertz CT molecular complexity index is 670. The lowest BCUT2D eigenvalue weighted by Crippen LogP contribution is -2.50. The highest BCUT2D eigenvalue weighted by atomic mass is 32.2. The van der Waals surface area contributed by atoms with Crippen LogP contribution in [0.4, 0.5) is 4.79 Å². The molecule has 0 aliphatic rings. The molecule has 0 spiro atoms. The zero-order chi connectivity index (χ0) is 17.5. The Morgan fingerprint density at radius 2 is 1.87 bits per heavy atom. The minimum Gasteiger partial charge on any atom is -0.480 e. The van der Waals surface area contributed by atoms with Crippen molar-refractivity contribution in [3.63, 3.8) is 0 Å². The number of carbonyl (C=O) groups excluding carboxylic acids is 1. The number of sulfonamides is 1. The van der Waals surface area contributed by atoms with Gasteiger partial charge in [0.15, 0.2) is 0 Å². The molecule has 0 saturated carbocycles. The zero-order valence-corrected chi connectivity index (χ0v) is 13.7. The van der Waals surface area contributed by atoms with E-state index in [1.165, 1.54) is 6.08 Å². The van der Waals surface area contributed by atoms with Crippen LogP contribution in [0.25, 0.3) is 6.08 Å². The lowest BCUT2D eigenvalue weighted by Gasteiger charge is -2.19. The van der Waals surface area contributed by atoms with Crippen LogP contribution in [0.3, 0.4) is 0 Å². The van der Waals surface area contributed by atoms with Crippen LogP contribution in [-0.2, 0) is 14.8 Å². The van der Waals surface area contributed by atoms with Crippen molar-refractivity contribution in [2.24, 2.45) is 5.92 Å². The van der Waals surface area contributed by atoms with Crippen molar-refractivity contribution < 1.29 is 23.1 Å². The smallest absolute Gasteiger partial charge is 0.329 e. The Labute approximate surface area is 135 Å². The molecule has 1 aromatic carbocycles. The van der Waals surface area contributed by atoms with Crippen LogP contribution in [0.2, 0.25) is 0 Å². The Morgan fingerprint density at radius 1 is 1.26 bits per heavy atom. The molecular weight excluding hydrogens is 320 g/mol. The first-order valence-corrected chi connectivity index (χ1v) is 8.59. The van der Waals surface area contributed by atoms with Crippen LogP contribution >= 0.6 is 0 Å². The van der Waals surface area contributed by atoms with Crippen LogP contribution < -0.4 is 10.0 Å². The second kappa shape index (κ2) is 8.33. The van der Waals surface area contributed by atoms with E-state index < -0.39 is 28.1 Å². The summed E-state index contributed by atoms with van der Waals surface area (Å²) in [5.41, 5.74) is 0.654. The van der Waals surface area contributed by atoms with Crippen LogP contribution in [0.5, 0.6) is 0 Å². The number of nitrogens with one attached hydrogen (secondary N) is 2. The maximum atomic E-state index is 11.8. The van der Waals surface area contributed by atoms with Gasteiger partial charge in [-0.15, -0.1) is 0 Å². The molecule has 7 nitrogen and oxygen atoms in total. The molecule has 1 aromatic rings. The summed E-state index contributed by atoms with van der Waals surface area (Å²) in [7, 11) is -4.02. The highest BCUT2D eigenvalue weighted by molar-refractivity contribution is 7.93. The van der Waals surface area contributed by atoms with E-state index in [4.69, 9.17) is 5.11 Å². The molecule has 2 amide bonds. The van der Waals surface area contributed by atoms with E-state index in [0.717, 1.165) is 5.41 Å². The Hall–Kier alpha value is -2.35. The third kappa shape index (κ3) is 6.52. The highest BCUT2D eigenvalue weighted by Gasteiger charge is 2.26. The summed E-state index contributed by atoms with van der Waals surface area (Å²) in [5, 5.41) is 12.1. The lowest BCUT2D eigenvalue weighted by molar-refractivity contribution is -0.140. The molecule has 0 radical (unpaired) electrons. The first-order chi connectivity index (χ1) is 10.7. The zero-order valence-electron chi connectivity index (χ0n) is 12.9. The fourth-order valence-electron chi connectivity index (χ4n) is 1.75. The van der Waals surface area contributed by atoms with Crippen molar-refractivity contribution in [1.82, 2.24) is 10.0 Å². The largest absolute Gasteiger partial charge is 0.480 e. The first kappa shape index (κ1) is 18.7. The van der Waals surface area contributed by atoms with Crippen molar-refractivity contribution in [1.29, 1.82) is 0 Å². The maximum absolute atomic E-state index is 11.8. The quantitative estimate of drug-likeness (QED) is 0.700. The monoisotopic (exact) mass is 340 g/mol. The van der Waals surface area contributed by atoms with Gasteiger partial charge >= 0.3 is 12.0 Å². The number of carboxylic acid groups (broad SMARTS) is 1. The van der Waals surface area contributed by atoms with Crippen molar-refractivity contribution in [3.8, 4) is 0 Å². The molecule has 0 fully saturated rings. The summed E-state index contributed by atoms with van der Waals surface area (Å²) in [6.45, 7) is 3.43. The number of hydrogen-bond donors (Lipinski definition) is 3. The summed E-state index contributed by atoms with van der Waals surface area (Å²) < 4.78 is 25.4. The number of aliphatic carboxylic acids is 1. The molecule has 8 heteroatoms. The standard InChI is InChI=1S/C15H20N2O5S/c1-3-11(2)13(14(18)19)16-15(20)17-23(21,22)10-9-12-7-5-4-6-8-12/h4-11,13H,3H2,1-2H3,(H,18,19)(H2,16,17,20)/t11-,13-/m0/s1. The molecule has 126 valence electrons. The van der Waals surface area contributed by atoms with Crippen LogP contribution in [-0.4, -0.2) is 31.6 Å². The maximum Gasteiger partial charge on any atom is 0.329 e. The van der Waals surface area contributed by atoms with E-state index >= 15 is 0 Å². The normalized spacial score (nSPS) is 14.2. The topological polar surface area (TPSA) is 113 Å². The fourth-order valence-corrected chi connectivity index (χ4v) is 2.47. The Balaban J connectivity index is 2.71. The second-order valence-corrected chi connectivity index (χ2v) is 6.60. The molecule has 0 heterocycles. The minimum absolute atomic E-state index is 0.333. The molecule has 0 unspecified atom stereocenters. The Morgan fingerprint density at radius 3 is 2.39 bits per heavy atom. The summed E-state index contributed by atoms with van der Waals surface area (Å²) in [6.07, 6.45) is 1.86. The molecule has 3 N–H and O–H groups in total. The van der Waals surface area contributed by atoms with Crippen LogP contribution in [0.15, 0.2) is 35.7 Å². The SMILES string of the molecule is CC[C@H](C)[C@H](NC(=O)NS(=O)(=O)C=Cc1ccccc1)C(=O)O. The molecule has 0 aliphatic carbocycles. The van der Waals surface area contributed by atoms with E-state index in [9.17, 15) is 18.0 Å². The predicted octanol–water partition coefficient (Wildman–Crippen LogP) is 1.79. The number of rotatable bonds is 7. The summed E-state index contributed by atoms with van der Waals surface area (Å²) in [5.74, 6) is -1.55. The molecule has 23 heavy (non-hydrogen) atoms. The minimum atomic E-state index is -4.02. The highest BCUT2D eigenvalue weighted by Crippen LogP contribution is 2.08. The molecular formula is C15H20N2O5S. The van der Waals surface area contributed by atoms with Gasteiger partial charge in [0.1, 0.15) is 6.04 Å². The van der Waals surface area contributed by atoms with Gasteiger partial charge in [-0.05, 0) is 17.6 Å². The van der Waals surface area contributed by atoms with Gasteiger partial charge in [-0.2, -0.15) is 0 Å². The number of urea groups is 1. The van der Waals surface area contributed by atoms with Crippen molar-refractivity contribution >= 4 is 28.1 Å². The first-order valence-electron chi connectivity index (χ1n) is 7.04. The van der Waals surface area contributed by atoms with Gasteiger partial charge < -0.3 is 10.4 Å². The van der Waals surface area contributed by atoms with Crippen LogP contribution in [0.1, 0.15) is 25.8 Å². The summed E-state index contributed by atoms with van der Waals surface area (Å²) in [4.78, 5) is 22.8. The van der Waals surface area contributed by atoms with Gasteiger partial charge in [0.05, 0.1) is 5.41 Å². The third-order valence-electron chi connectivity index (χ3n) is 3.24. The van der Waals surface area contributed by atoms with Gasteiger partial charge in [0.2, 0.25) is 0 Å². The molecule has 1 rings (SSSR count). The number of carboxylic acids is 1. The van der Waals surface area contributed by atoms with Crippen molar-refractivity contribution in [3.05, 3.63) is 41.3 Å². The van der Waals surface area contributed by atoms with E-state index in [2.05, 4.69) is 5.32 Å². The van der Waals surface area contributed by atoms with E-state index in [1.807, 2.05) is 0 Å². The molecule has 0 aliphatic heterocycles. The van der Waals surface area contributed by atoms with Gasteiger partial charge in [-0.1, -0.05) is 50.6 Å².